The molecule has 1 aromatic carbocycles. The maximum absolute atomic E-state index is 12.7. The average Bonchev–Trinajstić information content (AvgIpc) is 3.35. The monoisotopic (exact) mass is 367 g/mol. The molecule has 27 heavy (non-hydrogen) atoms. The largest absolute Gasteiger partial charge is 0.322 e. The van der Waals surface area contributed by atoms with E-state index in [1.54, 1.807) is 4.90 Å². The highest BCUT2D eigenvalue weighted by atomic mass is 16.2. The summed E-state index contributed by atoms with van der Waals surface area (Å²) in [7, 11) is 0. The second-order valence-electron chi connectivity index (χ2n) is 8.55. The first-order valence-electron chi connectivity index (χ1n) is 10.1. The molecule has 4 atom stereocenters. The second kappa shape index (κ2) is 6.44. The third kappa shape index (κ3) is 2.96. The van der Waals surface area contributed by atoms with Crippen LogP contribution in [0.5, 0.6) is 0 Å². The molecule has 6 heteroatoms. The summed E-state index contributed by atoms with van der Waals surface area (Å²) in [5.41, 5.74) is 2.86. The van der Waals surface area contributed by atoms with Crippen LogP contribution in [0, 0.1) is 11.8 Å². The number of benzene rings is 1. The van der Waals surface area contributed by atoms with E-state index >= 15 is 0 Å². The number of imide groups is 1. The Morgan fingerprint density at radius 3 is 2.74 bits per heavy atom. The van der Waals surface area contributed by atoms with Gasteiger partial charge in [-0.05, 0) is 54.7 Å². The van der Waals surface area contributed by atoms with E-state index in [4.69, 9.17) is 0 Å². The van der Waals surface area contributed by atoms with E-state index in [2.05, 4.69) is 16.7 Å². The van der Waals surface area contributed by atoms with E-state index in [1.165, 1.54) is 31.2 Å². The summed E-state index contributed by atoms with van der Waals surface area (Å²) < 4.78 is 0. The van der Waals surface area contributed by atoms with E-state index in [9.17, 15) is 14.4 Å². The molecule has 6 nitrogen and oxygen atoms in total. The summed E-state index contributed by atoms with van der Waals surface area (Å²) in [6.07, 6.45) is 6.15. The highest BCUT2D eigenvalue weighted by Crippen LogP contribution is 2.44. The average molecular weight is 367 g/mol. The van der Waals surface area contributed by atoms with Crippen molar-refractivity contribution in [2.45, 2.75) is 63.7 Å². The SMILES string of the molecule is O=C1CCC(N2Cc3cc(CN[C@H]4C[C@H]5CC[C@@H]4C5)ccc3C2=O)C(=O)N1. The molecule has 1 aromatic rings. The molecule has 0 aromatic heterocycles. The topological polar surface area (TPSA) is 78.5 Å². The fourth-order valence-electron chi connectivity index (χ4n) is 5.48. The third-order valence-electron chi connectivity index (χ3n) is 6.89. The van der Waals surface area contributed by atoms with Gasteiger partial charge in [0.2, 0.25) is 11.8 Å². The van der Waals surface area contributed by atoms with Crippen molar-refractivity contribution in [2.75, 3.05) is 0 Å². The molecular weight excluding hydrogens is 342 g/mol. The van der Waals surface area contributed by atoms with Crippen LogP contribution in [0.25, 0.3) is 0 Å². The number of carbonyl (C=O) groups is 3. The zero-order chi connectivity index (χ0) is 18.5. The molecule has 2 N–H and O–H groups in total. The van der Waals surface area contributed by atoms with Gasteiger partial charge in [0, 0.05) is 31.1 Å². The van der Waals surface area contributed by atoms with E-state index in [0.717, 1.165) is 23.9 Å². The standard InChI is InChI=1S/C21H25N3O3/c25-19-6-5-18(20(26)23-19)24-11-15-8-13(2-4-16(15)21(24)27)10-22-17-9-12-1-3-14(17)7-12/h2,4,8,12,14,17-18,22H,1,3,5-7,9-11H2,(H,23,25,26)/t12-,14+,17-,18?/m0/s1. The first-order chi connectivity index (χ1) is 13.1. The van der Waals surface area contributed by atoms with Crippen LogP contribution >= 0.6 is 0 Å². The van der Waals surface area contributed by atoms with Gasteiger partial charge in [0.15, 0.2) is 0 Å². The molecule has 1 unspecified atom stereocenters. The van der Waals surface area contributed by atoms with Gasteiger partial charge in [-0.3, -0.25) is 19.7 Å². The highest BCUT2D eigenvalue weighted by molar-refractivity contribution is 6.05. The summed E-state index contributed by atoms with van der Waals surface area (Å²) >= 11 is 0. The number of piperidine rings is 1. The lowest BCUT2D eigenvalue weighted by Gasteiger charge is -2.29. The van der Waals surface area contributed by atoms with Crippen LogP contribution < -0.4 is 10.6 Å². The first-order valence-corrected chi connectivity index (χ1v) is 10.1. The fraction of sp³-hybridized carbons (Fsp3) is 0.571. The first kappa shape index (κ1) is 16.9. The van der Waals surface area contributed by atoms with Crippen molar-refractivity contribution in [3.8, 4) is 0 Å². The Morgan fingerprint density at radius 1 is 1.11 bits per heavy atom. The molecule has 0 spiro atoms. The molecule has 2 saturated carbocycles. The van der Waals surface area contributed by atoms with Gasteiger partial charge >= 0.3 is 0 Å². The molecule has 2 aliphatic carbocycles. The molecule has 2 heterocycles. The maximum Gasteiger partial charge on any atom is 0.255 e. The summed E-state index contributed by atoms with van der Waals surface area (Å²) in [5.74, 6) is 1.05. The lowest BCUT2D eigenvalue weighted by Crippen LogP contribution is -2.52. The molecule has 142 valence electrons. The number of hydrogen-bond acceptors (Lipinski definition) is 4. The van der Waals surface area contributed by atoms with E-state index in [-0.39, 0.29) is 24.1 Å². The lowest BCUT2D eigenvalue weighted by molar-refractivity contribution is -0.136. The summed E-state index contributed by atoms with van der Waals surface area (Å²) in [4.78, 5) is 37.8. The Hall–Kier alpha value is -2.21. The van der Waals surface area contributed by atoms with E-state index < -0.39 is 6.04 Å². The van der Waals surface area contributed by atoms with Crippen LogP contribution in [0.4, 0.5) is 0 Å². The van der Waals surface area contributed by atoms with Crippen LogP contribution in [-0.2, 0) is 22.7 Å². The smallest absolute Gasteiger partial charge is 0.255 e. The summed E-state index contributed by atoms with van der Waals surface area (Å²) in [6.45, 7) is 1.27. The molecule has 3 fully saturated rings. The molecule has 2 aliphatic heterocycles. The van der Waals surface area contributed by atoms with Gasteiger partial charge in [-0.25, -0.2) is 0 Å². The second-order valence-corrected chi connectivity index (χ2v) is 8.55. The number of nitrogens with zero attached hydrogens (tertiary/aromatic N) is 1. The number of carbonyl (C=O) groups excluding carboxylic acids is 3. The lowest BCUT2D eigenvalue weighted by atomic mass is 9.95. The Kier molecular flexibility index (Phi) is 4.04. The molecule has 2 bridgehead atoms. The molecule has 3 amide bonds. The van der Waals surface area contributed by atoms with Crippen LogP contribution in [0.1, 0.15) is 60.0 Å². The number of rotatable bonds is 4. The van der Waals surface area contributed by atoms with Gasteiger partial charge in [-0.2, -0.15) is 0 Å². The molecule has 1 saturated heterocycles. The summed E-state index contributed by atoms with van der Waals surface area (Å²) in [6, 6.07) is 6.10. The normalized spacial score (nSPS) is 32.1. The quantitative estimate of drug-likeness (QED) is 0.795. The molecular formula is C21H25N3O3. The zero-order valence-corrected chi connectivity index (χ0v) is 15.4. The number of amides is 3. The minimum atomic E-state index is -0.543. The van der Waals surface area contributed by atoms with Gasteiger partial charge in [0.05, 0.1) is 0 Å². The van der Waals surface area contributed by atoms with E-state index in [0.29, 0.717) is 24.6 Å². The number of hydrogen-bond donors (Lipinski definition) is 2. The fourth-order valence-corrected chi connectivity index (χ4v) is 5.48. The Labute approximate surface area is 158 Å². The van der Waals surface area contributed by atoms with Crippen molar-refractivity contribution in [1.29, 1.82) is 0 Å². The Balaban J connectivity index is 1.26. The van der Waals surface area contributed by atoms with Gasteiger partial charge in [-0.15, -0.1) is 0 Å². The van der Waals surface area contributed by atoms with Crippen molar-refractivity contribution in [3.05, 3.63) is 34.9 Å². The third-order valence-corrected chi connectivity index (χ3v) is 6.89. The Bertz CT molecular complexity index is 821. The van der Waals surface area contributed by atoms with Crippen molar-refractivity contribution in [1.82, 2.24) is 15.5 Å². The minimum Gasteiger partial charge on any atom is -0.322 e. The minimum absolute atomic E-state index is 0.105. The number of nitrogens with one attached hydrogen (secondary N) is 2. The van der Waals surface area contributed by atoms with Gasteiger partial charge in [-0.1, -0.05) is 18.6 Å². The highest BCUT2D eigenvalue weighted by Gasteiger charge is 2.40. The van der Waals surface area contributed by atoms with Crippen molar-refractivity contribution >= 4 is 17.7 Å². The molecule has 4 aliphatic rings. The van der Waals surface area contributed by atoms with Crippen molar-refractivity contribution in [2.24, 2.45) is 11.8 Å². The van der Waals surface area contributed by atoms with E-state index in [1.807, 2.05) is 12.1 Å². The van der Waals surface area contributed by atoms with Crippen LogP contribution in [-0.4, -0.2) is 34.7 Å². The maximum atomic E-state index is 12.7. The number of fused-ring (bicyclic) bond motifs is 3. The summed E-state index contributed by atoms with van der Waals surface area (Å²) in [5, 5.41) is 6.07. The zero-order valence-electron chi connectivity index (χ0n) is 15.4. The Morgan fingerprint density at radius 2 is 2.00 bits per heavy atom. The van der Waals surface area contributed by atoms with Crippen LogP contribution in [0.3, 0.4) is 0 Å². The van der Waals surface area contributed by atoms with Gasteiger partial charge < -0.3 is 10.2 Å². The van der Waals surface area contributed by atoms with Gasteiger partial charge in [0.1, 0.15) is 6.04 Å². The molecule has 0 radical (unpaired) electrons. The van der Waals surface area contributed by atoms with Crippen LogP contribution in [0.2, 0.25) is 0 Å². The van der Waals surface area contributed by atoms with Crippen molar-refractivity contribution < 1.29 is 14.4 Å². The van der Waals surface area contributed by atoms with Crippen molar-refractivity contribution in [3.63, 3.8) is 0 Å². The molecule has 5 rings (SSSR count). The predicted octanol–water partition coefficient (Wildman–Crippen LogP) is 1.73. The van der Waals surface area contributed by atoms with Crippen LogP contribution in [0.15, 0.2) is 18.2 Å². The van der Waals surface area contributed by atoms with Gasteiger partial charge in [0.25, 0.3) is 5.91 Å². The predicted molar refractivity (Wildman–Crippen MR) is 98.6 cm³/mol.